The summed E-state index contributed by atoms with van der Waals surface area (Å²) in [7, 11) is 2.17. The lowest BCUT2D eigenvalue weighted by molar-refractivity contribution is 0.442. The van der Waals surface area contributed by atoms with Crippen LogP contribution >= 0.6 is 0 Å². The zero-order valence-corrected chi connectivity index (χ0v) is 20.7. The van der Waals surface area contributed by atoms with Crippen molar-refractivity contribution >= 4 is 34.1 Å². The number of anilines is 3. The number of rotatable bonds is 6. The fourth-order valence-electron chi connectivity index (χ4n) is 5.18. The Balaban J connectivity index is 1.29. The molecular formula is C27H28N10. The molecule has 0 bridgehead atoms. The molecule has 1 saturated heterocycles. The molecule has 1 aliphatic heterocycles. The third-order valence-corrected chi connectivity index (χ3v) is 7.32. The van der Waals surface area contributed by atoms with Crippen LogP contribution in [-0.4, -0.2) is 60.7 Å². The first-order valence-electron chi connectivity index (χ1n) is 12.9. The summed E-state index contributed by atoms with van der Waals surface area (Å²) in [4.78, 5) is 26.1. The SMILES string of the molecule is CN(c1nc(-c2ccnc(Nc3nc4ccccn4n3)c2)nc2cncc(C3CC3)c12)C1CCNCC1. The van der Waals surface area contributed by atoms with E-state index in [0.29, 0.717) is 29.6 Å². The van der Waals surface area contributed by atoms with Gasteiger partial charge < -0.3 is 15.5 Å². The Labute approximate surface area is 214 Å². The van der Waals surface area contributed by atoms with E-state index in [1.165, 1.54) is 18.4 Å². The molecule has 37 heavy (non-hydrogen) atoms. The van der Waals surface area contributed by atoms with Gasteiger partial charge in [-0.15, -0.1) is 5.10 Å². The highest BCUT2D eigenvalue weighted by atomic mass is 15.3. The fraction of sp³-hybridized carbons (Fsp3) is 0.333. The van der Waals surface area contributed by atoms with Crippen LogP contribution in [0.15, 0.2) is 55.1 Å². The highest BCUT2D eigenvalue weighted by molar-refractivity contribution is 5.94. The smallest absolute Gasteiger partial charge is 0.248 e. The Morgan fingerprint density at radius 1 is 1.03 bits per heavy atom. The van der Waals surface area contributed by atoms with Crippen LogP contribution in [0.5, 0.6) is 0 Å². The first-order valence-corrected chi connectivity index (χ1v) is 12.9. The normalized spacial score (nSPS) is 16.4. The number of hydrogen-bond acceptors (Lipinski definition) is 9. The molecule has 10 heteroatoms. The van der Waals surface area contributed by atoms with E-state index in [9.17, 15) is 0 Å². The maximum Gasteiger partial charge on any atom is 0.248 e. The molecule has 0 amide bonds. The minimum Gasteiger partial charge on any atom is -0.356 e. The van der Waals surface area contributed by atoms with Gasteiger partial charge in [0.1, 0.15) is 11.6 Å². The van der Waals surface area contributed by atoms with Crippen molar-refractivity contribution in [3.8, 4) is 11.4 Å². The molecule has 7 rings (SSSR count). The standard InChI is InChI=1S/C27H28N10/c1-36(19-8-10-28-11-9-19)26-24-20(17-5-6-17)15-29-16-21(24)31-25(34-26)18-7-12-30-22(14-18)32-27-33-23-4-2-3-13-37(23)35-27/h2-4,7,12-17,19,28H,5-6,8-11H2,1H3,(H,30,32,35). The van der Waals surface area contributed by atoms with Gasteiger partial charge in [0.15, 0.2) is 11.5 Å². The van der Waals surface area contributed by atoms with E-state index in [1.807, 2.05) is 48.9 Å². The third-order valence-electron chi connectivity index (χ3n) is 7.32. The molecule has 2 fully saturated rings. The van der Waals surface area contributed by atoms with E-state index >= 15 is 0 Å². The quantitative estimate of drug-likeness (QED) is 0.364. The summed E-state index contributed by atoms with van der Waals surface area (Å²) in [5.41, 5.74) is 3.80. The van der Waals surface area contributed by atoms with Crippen molar-refractivity contribution in [2.45, 2.75) is 37.6 Å². The van der Waals surface area contributed by atoms with E-state index in [1.54, 1.807) is 10.7 Å². The summed E-state index contributed by atoms with van der Waals surface area (Å²) < 4.78 is 1.73. The summed E-state index contributed by atoms with van der Waals surface area (Å²) in [6.07, 6.45) is 12.1. The maximum absolute atomic E-state index is 5.18. The molecule has 2 aliphatic rings. The average Bonchev–Trinajstić information content (AvgIpc) is 3.71. The highest BCUT2D eigenvalue weighted by Gasteiger charge is 2.30. The van der Waals surface area contributed by atoms with Crippen LogP contribution < -0.4 is 15.5 Å². The lowest BCUT2D eigenvalue weighted by atomic mass is 10.0. The monoisotopic (exact) mass is 492 g/mol. The van der Waals surface area contributed by atoms with Crippen LogP contribution in [0.4, 0.5) is 17.6 Å². The molecule has 5 aromatic heterocycles. The molecular weight excluding hydrogens is 464 g/mol. The Morgan fingerprint density at radius 3 is 2.76 bits per heavy atom. The molecule has 0 aromatic carbocycles. The van der Waals surface area contributed by atoms with Crippen molar-refractivity contribution in [2.75, 3.05) is 30.4 Å². The van der Waals surface area contributed by atoms with Gasteiger partial charge in [0, 0.05) is 42.6 Å². The Bertz CT molecular complexity index is 1550. The molecule has 0 spiro atoms. The fourth-order valence-corrected chi connectivity index (χ4v) is 5.18. The van der Waals surface area contributed by atoms with E-state index in [4.69, 9.17) is 9.97 Å². The van der Waals surface area contributed by atoms with Crippen LogP contribution in [0.25, 0.3) is 27.9 Å². The second kappa shape index (κ2) is 9.04. The predicted molar refractivity (Wildman–Crippen MR) is 143 cm³/mol. The van der Waals surface area contributed by atoms with Crippen LogP contribution in [-0.2, 0) is 0 Å². The van der Waals surface area contributed by atoms with Gasteiger partial charge in [0.05, 0.1) is 11.7 Å². The lowest BCUT2D eigenvalue weighted by Crippen LogP contribution is -2.41. The van der Waals surface area contributed by atoms with Crippen LogP contribution in [0.1, 0.15) is 37.2 Å². The minimum atomic E-state index is 0.434. The van der Waals surface area contributed by atoms with Crippen molar-refractivity contribution in [2.24, 2.45) is 0 Å². The number of piperidine rings is 1. The molecule has 2 N–H and O–H groups in total. The van der Waals surface area contributed by atoms with E-state index in [2.05, 4.69) is 42.6 Å². The molecule has 0 radical (unpaired) electrons. The molecule has 10 nitrogen and oxygen atoms in total. The Kier molecular flexibility index (Phi) is 5.39. The largest absolute Gasteiger partial charge is 0.356 e. The van der Waals surface area contributed by atoms with Gasteiger partial charge in [-0.3, -0.25) is 4.98 Å². The number of pyridine rings is 3. The van der Waals surface area contributed by atoms with Crippen molar-refractivity contribution in [3.63, 3.8) is 0 Å². The number of aromatic nitrogens is 7. The van der Waals surface area contributed by atoms with E-state index < -0.39 is 0 Å². The van der Waals surface area contributed by atoms with E-state index in [0.717, 1.165) is 53.9 Å². The predicted octanol–water partition coefficient (Wildman–Crippen LogP) is 3.94. The summed E-state index contributed by atoms with van der Waals surface area (Å²) in [5.74, 6) is 3.33. The summed E-state index contributed by atoms with van der Waals surface area (Å²) in [6, 6.07) is 10.1. The average molecular weight is 493 g/mol. The van der Waals surface area contributed by atoms with Crippen LogP contribution in [0, 0.1) is 0 Å². The second-order valence-electron chi connectivity index (χ2n) is 9.85. The first kappa shape index (κ1) is 22.1. The molecule has 5 aromatic rings. The summed E-state index contributed by atoms with van der Waals surface area (Å²) >= 11 is 0. The van der Waals surface area contributed by atoms with E-state index in [-0.39, 0.29) is 0 Å². The second-order valence-corrected chi connectivity index (χ2v) is 9.85. The third kappa shape index (κ3) is 4.23. The van der Waals surface area contributed by atoms with Gasteiger partial charge in [-0.2, -0.15) is 4.98 Å². The zero-order chi connectivity index (χ0) is 24.8. The van der Waals surface area contributed by atoms with Crippen molar-refractivity contribution in [1.82, 2.24) is 39.9 Å². The van der Waals surface area contributed by atoms with Gasteiger partial charge >= 0.3 is 0 Å². The molecule has 1 saturated carbocycles. The Hall–Kier alpha value is -4.18. The Morgan fingerprint density at radius 2 is 1.92 bits per heavy atom. The van der Waals surface area contributed by atoms with Gasteiger partial charge in [0.2, 0.25) is 5.95 Å². The number of nitrogens with zero attached hydrogens (tertiary/aromatic N) is 8. The van der Waals surface area contributed by atoms with Crippen LogP contribution in [0.3, 0.4) is 0 Å². The molecule has 186 valence electrons. The van der Waals surface area contributed by atoms with Gasteiger partial charge in [-0.1, -0.05) is 6.07 Å². The molecule has 0 atom stereocenters. The van der Waals surface area contributed by atoms with Crippen LogP contribution in [0.2, 0.25) is 0 Å². The summed E-state index contributed by atoms with van der Waals surface area (Å²) in [6.45, 7) is 2.05. The maximum atomic E-state index is 5.18. The van der Waals surface area contributed by atoms with Gasteiger partial charge in [-0.25, -0.2) is 19.5 Å². The van der Waals surface area contributed by atoms with Crippen molar-refractivity contribution in [1.29, 1.82) is 0 Å². The topological polar surface area (TPSA) is 109 Å². The minimum absolute atomic E-state index is 0.434. The number of hydrogen-bond donors (Lipinski definition) is 2. The highest BCUT2D eigenvalue weighted by Crippen LogP contribution is 2.45. The molecule has 6 heterocycles. The van der Waals surface area contributed by atoms with Gasteiger partial charge in [-0.05, 0) is 74.5 Å². The zero-order valence-electron chi connectivity index (χ0n) is 20.7. The van der Waals surface area contributed by atoms with Gasteiger partial charge in [0.25, 0.3) is 0 Å². The lowest BCUT2D eigenvalue weighted by Gasteiger charge is -2.33. The number of fused-ring (bicyclic) bond motifs is 2. The number of nitrogens with one attached hydrogen (secondary N) is 2. The molecule has 0 unspecified atom stereocenters. The molecule has 1 aliphatic carbocycles. The first-order chi connectivity index (χ1) is 18.2. The summed E-state index contributed by atoms with van der Waals surface area (Å²) in [5, 5.41) is 12.3. The van der Waals surface area contributed by atoms with Crippen molar-refractivity contribution < 1.29 is 0 Å². The van der Waals surface area contributed by atoms with Crippen molar-refractivity contribution in [3.05, 3.63) is 60.7 Å².